The van der Waals surface area contributed by atoms with Crippen molar-refractivity contribution < 1.29 is 5.11 Å². The maximum Gasteiger partial charge on any atom is 0.0944 e. The molecule has 0 saturated heterocycles. The first-order valence-electron chi connectivity index (χ1n) is 6.36. The quantitative estimate of drug-likeness (QED) is 0.712. The van der Waals surface area contributed by atoms with Crippen LogP contribution >= 0.6 is 22.6 Å². The molecule has 0 fully saturated rings. The summed E-state index contributed by atoms with van der Waals surface area (Å²) in [4.78, 5) is 8.60. The number of benzene rings is 2. The summed E-state index contributed by atoms with van der Waals surface area (Å²) in [6.45, 7) is 0. The molecule has 0 spiro atoms. The smallest absolute Gasteiger partial charge is 0.0944 e. The summed E-state index contributed by atoms with van der Waals surface area (Å²) >= 11 is 2.27. The lowest BCUT2D eigenvalue weighted by Crippen LogP contribution is -2.03. The van der Waals surface area contributed by atoms with E-state index in [1.807, 2.05) is 42.5 Å². The van der Waals surface area contributed by atoms with Gasteiger partial charge in [0.25, 0.3) is 0 Å². The second-order valence-corrected chi connectivity index (χ2v) is 5.86. The third kappa shape index (κ3) is 2.81. The predicted molar refractivity (Wildman–Crippen MR) is 87.4 cm³/mol. The largest absolute Gasteiger partial charge is 0.388 e. The van der Waals surface area contributed by atoms with Crippen molar-refractivity contribution in [3.8, 4) is 0 Å². The number of halogens is 1. The Bertz CT molecular complexity index is 723. The number of aromatic nitrogens is 2. The number of hydrogen-bond acceptors (Lipinski definition) is 3. The second-order valence-electron chi connectivity index (χ2n) is 4.62. The van der Waals surface area contributed by atoms with Gasteiger partial charge in [0.1, 0.15) is 0 Å². The van der Waals surface area contributed by atoms with E-state index in [2.05, 4.69) is 32.6 Å². The molecule has 0 aliphatic rings. The van der Waals surface area contributed by atoms with Gasteiger partial charge in [0.2, 0.25) is 0 Å². The van der Waals surface area contributed by atoms with Gasteiger partial charge in [-0.2, -0.15) is 0 Å². The number of aliphatic hydroxyl groups excluding tert-OH is 1. The Morgan fingerprint density at radius 2 is 1.75 bits per heavy atom. The molecule has 3 aromatic rings. The second kappa shape index (κ2) is 5.85. The Morgan fingerprint density at radius 1 is 1.00 bits per heavy atom. The highest BCUT2D eigenvalue weighted by Crippen LogP contribution is 2.24. The summed E-state index contributed by atoms with van der Waals surface area (Å²) in [5.74, 6) is 0. The van der Waals surface area contributed by atoms with Crippen molar-refractivity contribution in [2.45, 2.75) is 12.5 Å². The highest BCUT2D eigenvalue weighted by atomic mass is 127. The Labute approximate surface area is 130 Å². The molecule has 1 atom stereocenters. The molecule has 20 heavy (non-hydrogen) atoms. The third-order valence-electron chi connectivity index (χ3n) is 3.23. The molecule has 0 amide bonds. The van der Waals surface area contributed by atoms with Crippen molar-refractivity contribution in [2.75, 3.05) is 0 Å². The lowest BCUT2D eigenvalue weighted by Gasteiger charge is -2.13. The summed E-state index contributed by atoms with van der Waals surface area (Å²) in [5.41, 5.74) is 3.52. The minimum Gasteiger partial charge on any atom is -0.388 e. The van der Waals surface area contributed by atoms with Crippen LogP contribution in [0, 0.1) is 3.57 Å². The number of fused-ring (bicyclic) bond motifs is 1. The van der Waals surface area contributed by atoms with E-state index in [4.69, 9.17) is 0 Å². The highest BCUT2D eigenvalue weighted by molar-refractivity contribution is 14.1. The van der Waals surface area contributed by atoms with E-state index in [0.29, 0.717) is 6.42 Å². The third-order valence-corrected chi connectivity index (χ3v) is 3.95. The van der Waals surface area contributed by atoms with E-state index in [1.165, 1.54) is 3.57 Å². The van der Waals surface area contributed by atoms with Crippen molar-refractivity contribution in [3.05, 3.63) is 69.6 Å². The van der Waals surface area contributed by atoms with Crippen molar-refractivity contribution in [2.24, 2.45) is 0 Å². The van der Waals surface area contributed by atoms with Gasteiger partial charge in [-0.25, -0.2) is 0 Å². The van der Waals surface area contributed by atoms with Crippen molar-refractivity contribution in [1.29, 1.82) is 0 Å². The number of nitrogens with zero attached hydrogens (tertiary/aromatic N) is 2. The maximum atomic E-state index is 10.5. The Hall–Kier alpha value is -1.53. The van der Waals surface area contributed by atoms with E-state index in [9.17, 15) is 5.11 Å². The van der Waals surface area contributed by atoms with E-state index < -0.39 is 6.10 Å². The van der Waals surface area contributed by atoms with Crippen LogP contribution in [0.4, 0.5) is 0 Å². The van der Waals surface area contributed by atoms with E-state index in [-0.39, 0.29) is 0 Å². The monoisotopic (exact) mass is 376 g/mol. The van der Waals surface area contributed by atoms with Crippen LogP contribution in [0.1, 0.15) is 17.2 Å². The van der Waals surface area contributed by atoms with Crippen LogP contribution in [0.15, 0.2) is 54.9 Å². The number of aliphatic hydroxyl groups is 1. The van der Waals surface area contributed by atoms with Gasteiger partial charge in [-0.15, -0.1) is 0 Å². The Kier molecular flexibility index (Phi) is 3.93. The van der Waals surface area contributed by atoms with Gasteiger partial charge in [-0.1, -0.05) is 24.3 Å². The standard InChI is InChI=1S/C16H13IN2O/c17-12-6-4-11(5-7-12)10-15(20)13-2-1-3-14-16(13)19-9-8-18-14/h1-9,15,20H,10H2. The normalized spacial score (nSPS) is 12.5. The van der Waals surface area contributed by atoms with Crippen LogP contribution in [0.2, 0.25) is 0 Å². The number of rotatable bonds is 3. The molecular formula is C16H13IN2O. The molecular weight excluding hydrogens is 363 g/mol. The zero-order valence-electron chi connectivity index (χ0n) is 10.7. The first-order chi connectivity index (χ1) is 9.74. The van der Waals surface area contributed by atoms with Gasteiger partial charge in [0.05, 0.1) is 17.1 Å². The van der Waals surface area contributed by atoms with Crippen molar-refractivity contribution in [3.63, 3.8) is 0 Å². The predicted octanol–water partition coefficient (Wildman–Crippen LogP) is 3.51. The van der Waals surface area contributed by atoms with Crippen LogP contribution in [0.5, 0.6) is 0 Å². The van der Waals surface area contributed by atoms with Crippen LogP contribution in [-0.4, -0.2) is 15.1 Å². The molecule has 0 radical (unpaired) electrons. The molecule has 100 valence electrons. The molecule has 3 rings (SSSR count). The van der Waals surface area contributed by atoms with E-state index in [0.717, 1.165) is 22.2 Å². The van der Waals surface area contributed by atoms with Gasteiger partial charge < -0.3 is 5.11 Å². The molecule has 1 aromatic heterocycles. The molecule has 0 aliphatic heterocycles. The molecule has 4 heteroatoms. The molecule has 1 N–H and O–H groups in total. The van der Waals surface area contributed by atoms with Gasteiger partial charge >= 0.3 is 0 Å². The van der Waals surface area contributed by atoms with Gasteiger partial charge in [0.15, 0.2) is 0 Å². The summed E-state index contributed by atoms with van der Waals surface area (Å²) in [6, 6.07) is 13.9. The van der Waals surface area contributed by atoms with Gasteiger partial charge in [-0.3, -0.25) is 9.97 Å². The topological polar surface area (TPSA) is 46.0 Å². The minimum atomic E-state index is -0.574. The first-order valence-corrected chi connectivity index (χ1v) is 7.44. The molecule has 1 heterocycles. The maximum absolute atomic E-state index is 10.5. The fraction of sp³-hybridized carbons (Fsp3) is 0.125. The SMILES string of the molecule is OC(Cc1ccc(I)cc1)c1cccc2nccnc12. The zero-order valence-corrected chi connectivity index (χ0v) is 12.9. The van der Waals surface area contributed by atoms with Crippen LogP contribution < -0.4 is 0 Å². The van der Waals surface area contributed by atoms with E-state index in [1.54, 1.807) is 12.4 Å². The average Bonchev–Trinajstić information content (AvgIpc) is 2.49. The summed E-state index contributed by atoms with van der Waals surface area (Å²) in [5, 5.41) is 10.5. The van der Waals surface area contributed by atoms with Gasteiger partial charge in [-0.05, 0) is 46.4 Å². The molecule has 3 nitrogen and oxygen atoms in total. The first kappa shape index (κ1) is 13.5. The molecule has 0 bridgehead atoms. The highest BCUT2D eigenvalue weighted by Gasteiger charge is 2.13. The lowest BCUT2D eigenvalue weighted by atomic mass is 10.00. The molecule has 0 aliphatic carbocycles. The number of para-hydroxylation sites is 1. The fourth-order valence-electron chi connectivity index (χ4n) is 2.24. The molecule has 0 saturated carbocycles. The van der Waals surface area contributed by atoms with Gasteiger partial charge in [0, 0.05) is 27.9 Å². The Morgan fingerprint density at radius 3 is 2.55 bits per heavy atom. The zero-order chi connectivity index (χ0) is 13.9. The summed E-state index contributed by atoms with van der Waals surface area (Å²) in [6.07, 6.45) is 3.32. The fourth-order valence-corrected chi connectivity index (χ4v) is 2.60. The summed E-state index contributed by atoms with van der Waals surface area (Å²) < 4.78 is 1.19. The molecule has 2 aromatic carbocycles. The van der Waals surface area contributed by atoms with Crippen molar-refractivity contribution >= 4 is 33.6 Å². The average molecular weight is 376 g/mol. The van der Waals surface area contributed by atoms with Crippen LogP contribution in [0.25, 0.3) is 11.0 Å². The van der Waals surface area contributed by atoms with E-state index >= 15 is 0 Å². The summed E-state index contributed by atoms with van der Waals surface area (Å²) in [7, 11) is 0. The molecule has 1 unspecified atom stereocenters. The van der Waals surface area contributed by atoms with Crippen LogP contribution in [0.3, 0.4) is 0 Å². The lowest BCUT2D eigenvalue weighted by molar-refractivity contribution is 0.180. The Balaban J connectivity index is 1.92. The van der Waals surface area contributed by atoms with Crippen molar-refractivity contribution in [1.82, 2.24) is 9.97 Å². The van der Waals surface area contributed by atoms with Crippen LogP contribution in [-0.2, 0) is 6.42 Å². The minimum absolute atomic E-state index is 0.574. The number of hydrogen-bond donors (Lipinski definition) is 1.